The van der Waals surface area contributed by atoms with Gasteiger partial charge in [-0.25, -0.2) is 4.79 Å². The molecule has 0 radical (unpaired) electrons. The SMILES string of the molecule is CC(=O)C(F)(F)C(F)(F)C(F)(F)C(F)(F)C(F)(F)C(F)(F)C(=O)O. The quantitative estimate of drug-likeness (QED) is 0.680. The van der Waals surface area contributed by atoms with Crippen LogP contribution in [0.5, 0.6) is 0 Å². The monoisotopic (exact) mass is 388 g/mol. The summed E-state index contributed by atoms with van der Waals surface area (Å²) >= 11 is 0. The summed E-state index contributed by atoms with van der Waals surface area (Å²) in [6.07, 6.45) is 0. The highest BCUT2D eigenvalue weighted by atomic mass is 19.4. The standard InChI is InChI=1S/C9H4F12O3/c1-2(22)4(10,11)6(14,15)8(18,19)9(20,21)7(16,17)5(12,13)3(23)24/h1H3,(H,23,24). The summed E-state index contributed by atoms with van der Waals surface area (Å²) in [5.74, 6) is -52.2. The lowest BCUT2D eigenvalue weighted by molar-refractivity contribution is -0.416. The van der Waals surface area contributed by atoms with E-state index >= 15 is 0 Å². The van der Waals surface area contributed by atoms with Gasteiger partial charge in [0.05, 0.1) is 0 Å². The van der Waals surface area contributed by atoms with Crippen molar-refractivity contribution in [1.29, 1.82) is 0 Å². The van der Waals surface area contributed by atoms with Crippen LogP contribution in [0.2, 0.25) is 0 Å². The lowest BCUT2D eigenvalue weighted by atomic mass is 9.90. The first-order chi connectivity index (χ1) is 10.1. The molecule has 0 aliphatic rings. The van der Waals surface area contributed by atoms with E-state index in [0.717, 1.165) is 0 Å². The minimum absolute atomic E-state index is 0.494. The summed E-state index contributed by atoms with van der Waals surface area (Å²) in [7, 11) is 0. The van der Waals surface area contributed by atoms with Crippen LogP contribution in [0.3, 0.4) is 0 Å². The zero-order chi connectivity index (χ0) is 20.2. The molecule has 0 bridgehead atoms. The van der Waals surface area contributed by atoms with Crippen molar-refractivity contribution in [3.63, 3.8) is 0 Å². The van der Waals surface area contributed by atoms with E-state index < -0.39 is 54.2 Å². The Hall–Kier alpha value is -1.70. The van der Waals surface area contributed by atoms with Gasteiger partial charge in [-0.3, -0.25) is 4.79 Å². The van der Waals surface area contributed by atoms with Crippen LogP contribution in [0.25, 0.3) is 0 Å². The zero-order valence-electron chi connectivity index (χ0n) is 10.8. The van der Waals surface area contributed by atoms with Gasteiger partial charge in [0.1, 0.15) is 0 Å². The van der Waals surface area contributed by atoms with Crippen molar-refractivity contribution in [2.24, 2.45) is 0 Å². The molecule has 0 atom stereocenters. The van der Waals surface area contributed by atoms with Crippen LogP contribution in [0.1, 0.15) is 6.92 Å². The fourth-order valence-electron chi connectivity index (χ4n) is 1.14. The Morgan fingerprint density at radius 2 is 0.833 bits per heavy atom. The molecule has 15 heteroatoms. The number of hydrogen-bond acceptors (Lipinski definition) is 2. The molecule has 0 spiro atoms. The largest absolute Gasteiger partial charge is 0.477 e. The van der Waals surface area contributed by atoms with Crippen LogP contribution in [0, 0.1) is 0 Å². The topological polar surface area (TPSA) is 54.4 Å². The van der Waals surface area contributed by atoms with Crippen LogP contribution < -0.4 is 0 Å². The molecule has 0 fully saturated rings. The molecule has 3 nitrogen and oxygen atoms in total. The highest BCUT2D eigenvalue weighted by Crippen LogP contribution is 2.60. The Balaban J connectivity index is 6.48. The van der Waals surface area contributed by atoms with Gasteiger partial charge in [0, 0.05) is 6.92 Å². The van der Waals surface area contributed by atoms with E-state index in [4.69, 9.17) is 5.11 Å². The number of carbonyl (C=O) groups excluding carboxylic acids is 1. The lowest BCUT2D eigenvalue weighted by Gasteiger charge is -2.39. The summed E-state index contributed by atoms with van der Waals surface area (Å²) in [5.41, 5.74) is 0. The molecule has 142 valence electrons. The number of alkyl halides is 12. The Bertz CT molecular complexity index is 490. The number of carbonyl (C=O) groups is 2. The van der Waals surface area contributed by atoms with Crippen molar-refractivity contribution in [2.75, 3.05) is 0 Å². The number of halogens is 12. The van der Waals surface area contributed by atoms with E-state index in [1.807, 2.05) is 0 Å². The molecule has 0 aromatic heterocycles. The van der Waals surface area contributed by atoms with Gasteiger partial charge in [-0.05, 0) is 0 Å². The molecule has 0 heterocycles. The molecule has 0 aromatic rings. The average molecular weight is 388 g/mol. The highest BCUT2D eigenvalue weighted by molar-refractivity contribution is 5.84. The van der Waals surface area contributed by atoms with E-state index in [9.17, 15) is 62.3 Å². The second-order valence-corrected chi connectivity index (χ2v) is 4.31. The van der Waals surface area contributed by atoms with Gasteiger partial charge >= 0.3 is 41.5 Å². The minimum atomic E-state index is -8.00. The first-order valence-electron chi connectivity index (χ1n) is 5.15. The number of aliphatic carboxylic acids is 1. The van der Waals surface area contributed by atoms with Crippen molar-refractivity contribution >= 4 is 11.8 Å². The average Bonchev–Trinajstić information content (AvgIpc) is 2.36. The van der Waals surface area contributed by atoms with Gasteiger partial charge in [0.2, 0.25) is 5.78 Å². The van der Waals surface area contributed by atoms with Crippen LogP contribution in [0.4, 0.5) is 52.7 Å². The normalized spacial score (nSPS) is 15.4. The first kappa shape index (κ1) is 22.3. The summed E-state index contributed by atoms with van der Waals surface area (Å²) in [4.78, 5) is 20.0. The van der Waals surface area contributed by atoms with Crippen molar-refractivity contribution < 1.29 is 67.4 Å². The molecule has 24 heavy (non-hydrogen) atoms. The summed E-state index contributed by atoms with van der Waals surface area (Å²) in [6.45, 7) is -0.494. The molecule has 0 aliphatic carbocycles. The van der Waals surface area contributed by atoms with Crippen LogP contribution in [-0.4, -0.2) is 52.4 Å². The van der Waals surface area contributed by atoms with Crippen LogP contribution >= 0.6 is 0 Å². The predicted molar refractivity (Wildman–Crippen MR) is 48.0 cm³/mol. The predicted octanol–water partition coefficient (Wildman–Crippen LogP) is 3.47. The van der Waals surface area contributed by atoms with Crippen LogP contribution in [-0.2, 0) is 9.59 Å². The zero-order valence-corrected chi connectivity index (χ0v) is 10.8. The van der Waals surface area contributed by atoms with Gasteiger partial charge in [-0.2, -0.15) is 52.7 Å². The smallest absolute Gasteiger partial charge is 0.410 e. The summed E-state index contributed by atoms with van der Waals surface area (Å²) < 4.78 is 154. The number of rotatable bonds is 7. The van der Waals surface area contributed by atoms with E-state index in [1.165, 1.54) is 0 Å². The van der Waals surface area contributed by atoms with Crippen molar-refractivity contribution in [2.45, 2.75) is 42.5 Å². The van der Waals surface area contributed by atoms with Gasteiger partial charge in [-0.1, -0.05) is 0 Å². The number of carboxylic acid groups (broad SMARTS) is 1. The van der Waals surface area contributed by atoms with Gasteiger partial charge in [-0.15, -0.1) is 0 Å². The number of ketones is 1. The Kier molecular flexibility index (Phi) is 5.02. The molecule has 0 rings (SSSR count). The molecular formula is C9H4F12O3. The van der Waals surface area contributed by atoms with Crippen molar-refractivity contribution in [3.05, 3.63) is 0 Å². The fraction of sp³-hybridized carbons (Fsp3) is 0.778. The lowest BCUT2D eigenvalue weighted by Crippen LogP contribution is -2.72. The van der Waals surface area contributed by atoms with E-state index in [-0.39, 0.29) is 0 Å². The molecule has 0 saturated heterocycles. The molecule has 0 aliphatic heterocycles. The third-order valence-corrected chi connectivity index (χ3v) is 2.68. The number of Topliss-reactive ketones (excluding diaryl/α,β-unsaturated/α-hetero) is 1. The highest BCUT2D eigenvalue weighted by Gasteiger charge is 2.91. The Labute approximate surface area is 123 Å². The van der Waals surface area contributed by atoms with Gasteiger partial charge in [0.25, 0.3) is 0 Å². The molecule has 0 saturated carbocycles. The third-order valence-electron chi connectivity index (χ3n) is 2.68. The summed E-state index contributed by atoms with van der Waals surface area (Å²) in [5, 5.41) is 7.66. The number of hydrogen-bond donors (Lipinski definition) is 1. The Morgan fingerprint density at radius 3 is 1.04 bits per heavy atom. The molecule has 0 amide bonds. The first-order valence-corrected chi connectivity index (χ1v) is 5.15. The maximum Gasteiger partial charge on any atom is 0.410 e. The third kappa shape index (κ3) is 2.47. The number of carboxylic acids is 1. The van der Waals surface area contributed by atoms with E-state index in [2.05, 4.69) is 0 Å². The maximum absolute atomic E-state index is 13.0. The van der Waals surface area contributed by atoms with Gasteiger partial charge in [0.15, 0.2) is 0 Å². The van der Waals surface area contributed by atoms with Crippen molar-refractivity contribution in [1.82, 2.24) is 0 Å². The van der Waals surface area contributed by atoms with Gasteiger partial charge < -0.3 is 5.11 Å². The minimum Gasteiger partial charge on any atom is -0.477 e. The second-order valence-electron chi connectivity index (χ2n) is 4.31. The summed E-state index contributed by atoms with van der Waals surface area (Å²) in [6, 6.07) is 0. The second kappa shape index (κ2) is 5.40. The Morgan fingerprint density at radius 1 is 0.583 bits per heavy atom. The fourth-order valence-corrected chi connectivity index (χ4v) is 1.14. The van der Waals surface area contributed by atoms with E-state index in [1.54, 1.807) is 0 Å². The molecule has 1 N–H and O–H groups in total. The molecular weight excluding hydrogens is 384 g/mol. The molecule has 0 aromatic carbocycles. The van der Waals surface area contributed by atoms with Crippen molar-refractivity contribution in [3.8, 4) is 0 Å². The van der Waals surface area contributed by atoms with Crippen LogP contribution in [0.15, 0.2) is 0 Å². The van der Waals surface area contributed by atoms with E-state index in [0.29, 0.717) is 0 Å². The maximum atomic E-state index is 13.0. The molecule has 0 unspecified atom stereocenters.